The van der Waals surface area contributed by atoms with Gasteiger partial charge in [-0.15, -0.1) is 0 Å². The Balaban J connectivity index is 3.43. The standard InChI is InChI=1S/C8H19N3/c1-8(2,3)5-6-11-7(9)10-4/h5-6H2,1-4H3,(H3,9,10,11). The second-order valence-corrected chi connectivity index (χ2v) is 3.85. The molecule has 0 radical (unpaired) electrons. The highest BCUT2D eigenvalue weighted by molar-refractivity contribution is 5.77. The zero-order chi connectivity index (χ0) is 8.91. The van der Waals surface area contributed by atoms with Gasteiger partial charge >= 0.3 is 0 Å². The molecule has 0 saturated carbocycles. The van der Waals surface area contributed by atoms with Gasteiger partial charge in [-0.1, -0.05) is 20.8 Å². The number of guanidine groups is 1. The van der Waals surface area contributed by atoms with E-state index in [1.807, 2.05) is 0 Å². The lowest BCUT2D eigenvalue weighted by molar-refractivity contribution is 0.378. The molecule has 0 aliphatic carbocycles. The smallest absolute Gasteiger partial charge is 0.188 e. The second kappa shape index (κ2) is 4.21. The molecule has 0 heterocycles. The highest BCUT2D eigenvalue weighted by atomic mass is 15.1. The lowest BCUT2D eigenvalue weighted by atomic mass is 9.92. The van der Waals surface area contributed by atoms with Crippen molar-refractivity contribution in [2.45, 2.75) is 27.2 Å². The van der Waals surface area contributed by atoms with Crippen molar-refractivity contribution in [2.75, 3.05) is 13.6 Å². The number of nitrogens with zero attached hydrogens (tertiary/aromatic N) is 1. The average Bonchev–Trinajstić information content (AvgIpc) is 1.85. The van der Waals surface area contributed by atoms with Crippen LogP contribution in [0.5, 0.6) is 0 Å². The predicted molar refractivity (Wildman–Crippen MR) is 49.6 cm³/mol. The molecular weight excluding hydrogens is 138 g/mol. The van der Waals surface area contributed by atoms with Crippen LogP contribution in [0.1, 0.15) is 27.2 Å². The van der Waals surface area contributed by atoms with Gasteiger partial charge in [-0.25, -0.2) is 0 Å². The number of hydrogen-bond acceptors (Lipinski definition) is 1. The molecule has 0 amide bonds. The summed E-state index contributed by atoms with van der Waals surface area (Å²) in [5.74, 6) is 0.522. The first kappa shape index (κ1) is 10.3. The van der Waals surface area contributed by atoms with Crippen LogP contribution in [0.15, 0.2) is 4.99 Å². The molecule has 0 aromatic heterocycles. The number of aliphatic imine (C=N–C) groups is 1. The van der Waals surface area contributed by atoms with Gasteiger partial charge in [-0.05, 0) is 11.8 Å². The van der Waals surface area contributed by atoms with Gasteiger partial charge in [0.25, 0.3) is 0 Å². The first-order valence-corrected chi connectivity index (χ1v) is 3.92. The van der Waals surface area contributed by atoms with Gasteiger partial charge in [0.2, 0.25) is 0 Å². The molecule has 0 bridgehead atoms. The summed E-state index contributed by atoms with van der Waals surface area (Å²) in [6, 6.07) is 0. The zero-order valence-electron chi connectivity index (χ0n) is 7.94. The fourth-order valence-corrected chi connectivity index (χ4v) is 0.645. The Morgan fingerprint density at radius 3 is 2.36 bits per heavy atom. The van der Waals surface area contributed by atoms with Crippen LogP contribution in [0.3, 0.4) is 0 Å². The Morgan fingerprint density at radius 1 is 1.45 bits per heavy atom. The Labute approximate surface area is 69.1 Å². The molecule has 3 nitrogen and oxygen atoms in total. The molecule has 0 aromatic carbocycles. The minimum atomic E-state index is 0.362. The summed E-state index contributed by atoms with van der Waals surface area (Å²) < 4.78 is 0. The van der Waals surface area contributed by atoms with Crippen LogP contribution in [0, 0.1) is 5.41 Å². The summed E-state index contributed by atoms with van der Waals surface area (Å²) in [7, 11) is 1.68. The van der Waals surface area contributed by atoms with Crippen LogP contribution in [0.25, 0.3) is 0 Å². The summed E-state index contributed by atoms with van der Waals surface area (Å²) in [5, 5.41) is 3.02. The molecule has 0 aliphatic rings. The van der Waals surface area contributed by atoms with Crippen LogP contribution in [-0.4, -0.2) is 19.6 Å². The SMILES string of the molecule is CN=C(N)NCCC(C)(C)C. The number of nitrogens with one attached hydrogen (secondary N) is 1. The van der Waals surface area contributed by atoms with E-state index in [1.165, 1.54) is 0 Å². The highest BCUT2D eigenvalue weighted by Crippen LogP contribution is 2.16. The molecule has 0 atom stereocenters. The molecule has 0 aliphatic heterocycles. The Kier molecular flexibility index (Phi) is 3.93. The van der Waals surface area contributed by atoms with Crippen molar-refractivity contribution in [3.63, 3.8) is 0 Å². The van der Waals surface area contributed by atoms with E-state index >= 15 is 0 Å². The van der Waals surface area contributed by atoms with Crippen LogP contribution in [0.4, 0.5) is 0 Å². The minimum absolute atomic E-state index is 0.362. The lowest BCUT2D eigenvalue weighted by Crippen LogP contribution is -2.33. The van der Waals surface area contributed by atoms with Crippen LogP contribution in [0.2, 0.25) is 0 Å². The van der Waals surface area contributed by atoms with E-state index < -0.39 is 0 Å². The summed E-state index contributed by atoms with van der Waals surface area (Å²) in [6.45, 7) is 7.50. The third-order valence-electron chi connectivity index (χ3n) is 1.42. The first-order valence-electron chi connectivity index (χ1n) is 3.92. The predicted octanol–water partition coefficient (Wildman–Crippen LogP) is 0.957. The lowest BCUT2D eigenvalue weighted by Gasteiger charge is -2.17. The maximum Gasteiger partial charge on any atom is 0.188 e. The monoisotopic (exact) mass is 157 g/mol. The number of rotatable bonds is 2. The summed E-state index contributed by atoms with van der Waals surface area (Å²) in [6.07, 6.45) is 1.10. The van der Waals surface area contributed by atoms with E-state index in [2.05, 4.69) is 31.1 Å². The van der Waals surface area contributed by atoms with Gasteiger partial charge in [0.15, 0.2) is 5.96 Å². The summed E-state index contributed by atoms with van der Waals surface area (Å²) in [4.78, 5) is 3.79. The molecule has 0 spiro atoms. The molecule has 3 N–H and O–H groups in total. The molecule has 0 fully saturated rings. The third-order valence-corrected chi connectivity index (χ3v) is 1.42. The van der Waals surface area contributed by atoms with Crippen LogP contribution in [-0.2, 0) is 0 Å². The number of nitrogens with two attached hydrogens (primary N) is 1. The van der Waals surface area contributed by atoms with Crippen molar-refractivity contribution < 1.29 is 0 Å². The van der Waals surface area contributed by atoms with Crippen molar-refractivity contribution in [3.05, 3.63) is 0 Å². The highest BCUT2D eigenvalue weighted by Gasteiger charge is 2.08. The molecule has 0 saturated heterocycles. The quantitative estimate of drug-likeness (QED) is 0.463. The van der Waals surface area contributed by atoms with Gasteiger partial charge in [0, 0.05) is 13.6 Å². The Bertz CT molecular complexity index is 133. The van der Waals surface area contributed by atoms with E-state index in [0.29, 0.717) is 11.4 Å². The Morgan fingerprint density at radius 2 is 2.00 bits per heavy atom. The van der Waals surface area contributed by atoms with Crippen molar-refractivity contribution in [3.8, 4) is 0 Å². The van der Waals surface area contributed by atoms with Crippen LogP contribution < -0.4 is 11.1 Å². The van der Waals surface area contributed by atoms with Gasteiger partial charge in [-0.3, -0.25) is 4.99 Å². The van der Waals surface area contributed by atoms with Gasteiger partial charge in [0.1, 0.15) is 0 Å². The van der Waals surface area contributed by atoms with E-state index in [1.54, 1.807) is 7.05 Å². The van der Waals surface area contributed by atoms with Gasteiger partial charge in [-0.2, -0.15) is 0 Å². The van der Waals surface area contributed by atoms with Crippen LogP contribution >= 0.6 is 0 Å². The third kappa shape index (κ3) is 7.16. The van der Waals surface area contributed by atoms with E-state index in [9.17, 15) is 0 Å². The molecule has 0 rings (SSSR count). The summed E-state index contributed by atoms with van der Waals surface area (Å²) in [5.41, 5.74) is 5.80. The molecule has 3 heteroatoms. The fraction of sp³-hybridized carbons (Fsp3) is 0.875. The maximum absolute atomic E-state index is 5.44. The van der Waals surface area contributed by atoms with E-state index in [-0.39, 0.29) is 0 Å². The topological polar surface area (TPSA) is 50.4 Å². The molecule has 0 unspecified atom stereocenters. The zero-order valence-corrected chi connectivity index (χ0v) is 7.94. The molecular formula is C8H19N3. The largest absolute Gasteiger partial charge is 0.370 e. The first-order chi connectivity index (χ1) is 4.95. The van der Waals surface area contributed by atoms with Crippen molar-refractivity contribution in [1.82, 2.24) is 5.32 Å². The van der Waals surface area contributed by atoms with E-state index in [0.717, 1.165) is 13.0 Å². The van der Waals surface area contributed by atoms with Crippen molar-refractivity contribution in [1.29, 1.82) is 0 Å². The normalized spacial score (nSPS) is 13.3. The summed E-state index contributed by atoms with van der Waals surface area (Å²) >= 11 is 0. The minimum Gasteiger partial charge on any atom is -0.370 e. The van der Waals surface area contributed by atoms with Crippen molar-refractivity contribution >= 4 is 5.96 Å². The Hall–Kier alpha value is -0.730. The molecule has 66 valence electrons. The van der Waals surface area contributed by atoms with Gasteiger partial charge in [0.05, 0.1) is 0 Å². The van der Waals surface area contributed by atoms with Gasteiger partial charge < -0.3 is 11.1 Å². The number of hydrogen-bond donors (Lipinski definition) is 2. The fourth-order valence-electron chi connectivity index (χ4n) is 0.645. The second-order valence-electron chi connectivity index (χ2n) is 3.85. The van der Waals surface area contributed by atoms with E-state index in [4.69, 9.17) is 5.73 Å². The maximum atomic E-state index is 5.44. The average molecular weight is 157 g/mol. The molecule has 11 heavy (non-hydrogen) atoms. The van der Waals surface area contributed by atoms with Crippen molar-refractivity contribution in [2.24, 2.45) is 16.1 Å². The molecule has 0 aromatic rings.